The van der Waals surface area contributed by atoms with Gasteiger partial charge in [0.05, 0.1) is 0 Å². The lowest BCUT2D eigenvalue weighted by Gasteiger charge is -2.34. The normalized spacial score (nSPS) is 19.0. The van der Waals surface area contributed by atoms with Crippen LogP contribution in [0.1, 0.15) is 30.9 Å². The molecule has 0 unspecified atom stereocenters. The van der Waals surface area contributed by atoms with Crippen molar-refractivity contribution in [3.63, 3.8) is 0 Å². The first-order chi connectivity index (χ1) is 9.26. The second-order valence-electron chi connectivity index (χ2n) is 5.17. The molecule has 1 aromatic rings. The van der Waals surface area contributed by atoms with Crippen LogP contribution in [0.4, 0.5) is 0 Å². The monoisotopic (exact) mass is 369 g/mol. The lowest BCUT2D eigenvalue weighted by Crippen LogP contribution is -2.40. The molecule has 104 valence electrons. The topological polar surface area (TPSA) is 23.5 Å². The van der Waals surface area contributed by atoms with E-state index in [0.717, 1.165) is 32.4 Å². The predicted octanol–water partition coefficient (Wildman–Crippen LogP) is 3.91. The van der Waals surface area contributed by atoms with E-state index in [1.807, 2.05) is 12.1 Å². The van der Waals surface area contributed by atoms with Crippen molar-refractivity contribution < 1.29 is 5.11 Å². The average molecular weight is 369 g/mol. The SMILES string of the molecule is CCCN(C/C=C/[125I])[C@H]1CCc2c(O)cccc2C1. The van der Waals surface area contributed by atoms with Gasteiger partial charge in [-0.3, -0.25) is 4.90 Å². The Morgan fingerprint density at radius 3 is 3.05 bits per heavy atom. The van der Waals surface area contributed by atoms with E-state index >= 15 is 0 Å². The Labute approximate surface area is 129 Å². The Hall–Kier alpha value is -0.550. The van der Waals surface area contributed by atoms with Crippen molar-refractivity contribution in [1.29, 1.82) is 0 Å². The molecule has 0 aromatic heterocycles. The number of rotatable bonds is 5. The number of aromatic hydroxyl groups is 1. The number of phenols is 1. The lowest BCUT2D eigenvalue weighted by molar-refractivity contribution is 0.198. The molecule has 0 saturated carbocycles. The summed E-state index contributed by atoms with van der Waals surface area (Å²) in [6.45, 7) is 4.43. The summed E-state index contributed by atoms with van der Waals surface area (Å²) in [5, 5.41) is 9.90. The van der Waals surface area contributed by atoms with Crippen LogP contribution in [-0.2, 0) is 12.8 Å². The van der Waals surface area contributed by atoms with Gasteiger partial charge in [0.1, 0.15) is 5.75 Å². The van der Waals surface area contributed by atoms with Crippen LogP contribution in [0.15, 0.2) is 28.4 Å². The fraction of sp³-hybridized carbons (Fsp3) is 0.500. The minimum Gasteiger partial charge on any atom is -0.508 e. The summed E-state index contributed by atoms with van der Waals surface area (Å²) in [6, 6.07) is 6.55. The zero-order valence-electron chi connectivity index (χ0n) is 11.5. The van der Waals surface area contributed by atoms with Crippen LogP contribution < -0.4 is 0 Å². The Morgan fingerprint density at radius 1 is 1.47 bits per heavy atom. The van der Waals surface area contributed by atoms with Gasteiger partial charge in [0.2, 0.25) is 0 Å². The van der Waals surface area contributed by atoms with Gasteiger partial charge < -0.3 is 5.11 Å². The summed E-state index contributed by atoms with van der Waals surface area (Å²) in [7, 11) is 0. The van der Waals surface area contributed by atoms with E-state index in [-0.39, 0.29) is 0 Å². The first kappa shape index (κ1) is 14.9. The van der Waals surface area contributed by atoms with E-state index in [0.29, 0.717) is 11.8 Å². The van der Waals surface area contributed by atoms with Crippen LogP contribution in [0.5, 0.6) is 5.75 Å². The number of fused-ring (bicyclic) bond motifs is 1. The highest BCUT2D eigenvalue weighted by Crippen LogP contribution is 2.30. The number of nitrogens with zero attached hydrogens (tertiary/aromatic N) is 1. The van der Waals surface area contributed by atoms with Crippen molar-refractivity contribution in [2.75, 3.05) is 13.1 Å². The zero-order chi connectivity index (χ0) is 13.7. The summed E-state index contributed by atoms with van der Waals surface area (Å²) in [5.41, 5.74) is 2.50. The molecule has 1 N–H and O–H groups in total. The van der Waals surface area contributed by atoms with E-state index < -0.39 is 0 Å². The summed E-state index contributed by atoms with van der Waals surface area (Å²) >= 11 is 2.28. The maximum Gasteiger partial charge on any atom is 0.119 e. The van der Waals surface area contributed by atoms with Crippen molar-refractivity contribution in [2.45, 2.75) is 38.6 Å². The second-order valence-corrected chi connectivity index (χ2v) is 5.89. The van der Waals surface area contributed by atoms with Crippen LogP contribution >= 0.6 is 22.6 Å². The second kappa shape index (κ2) is 7.29. The van der Waals surface area contributed by atoms with E-state index in [1.165, 1.54) is 17.5 Å². The molecule has 1 aliphatic carbocycles. The molecular weight excluding hydrogens is 347 g/mol. The van der Waals surface area contributed by atoms with Crippen molar-refractivity contribution in [3.8, 4) is 5.75 Å². The van der Waals surface area contributed by atoms with Gasteiger partial charge in [-0.05, 0) is 53.5 Å². The van der Waals surface area contributed by atoms with Crippen LogP contribution in [0, 0.1) is 0 Å². The molecule has 0 saturated heterocycles. The first-order valence-corrected chi connectivity index (χ1v) is 8.29. The summed E-state index contributed by atoms with van der Waals surface area (Å²) in [5.74, 6) is 0.477. The van der Waals surface area contributed by atoms with Crippen LogP contribution in [0.25, 0.3) is 0 Å². The lowest BCUT2D eigenvalue weighted by atomic mass is 9.87. The standard InChI is InChI=1S/C16H22INO/c1-2-10-18(11-4-9-17)14-7-8-15-13(12-14)5-3-6-16(15)19/h3-6,9,14,19H,2,7-8,10-12H2,1H3/b9-4+/t14-/m0/s1/i17-2. The molecule has 2 rings (SSSR count). The molecule has 1 atom stereocenters. The Kier molecular flexibility index (Phi) is 5.70. The van der Waals surface area contributed by atoms with Gasteiger partial charge in [0, 0.05) is 12.6 Å². The molecule has 0 heterocycles. The van der Waals surface area contributed by atoms with E-state index in [9.17, 15) is 5.11 Å². The molecule has 2 nitrogen and oxygen atoms in total. The Bertz CT molecular complexity index is 444. The highest BCUT2D eigenvalue weighted by atomic mass is 125. The summed E-state index contributed by atoms with van der Waals surface area (Å²) < 4.78 is 2.10. The quantitative estimate of drug-likeness (QED) is 0.796. The summed E-state index contributed by atoms with van der Waals surface area (Å²) in [4.78, 5) is 2.57. The summed E-state index contributed by atoms with van der Waals surface area (Å²) in [6.07, 6.45) is 6.64. The molecule has 0 bridgehead atoms. The highest BCUT2D eigenvalue weighted by molar-refractivity contribution is 14.1. The third kappa shape index (κ3) is 3.72. The van der Waals surface area contributed by atoms with Gasteiger partial charge in [-0.25, -0.2) is 0 Å². The Balaban J connectivity index is 2.10. The molecule has 0 spiro atoms. The van der Waals surface area contributed by atoms with Gasteiger partial charge in [-0.2, -0.15) is 0 Å². The minimum absolute atomic E-state index is 0.477. The fourth-order valence-electron chi connectivity index (χ4n) is 2.96. The number of halogens is 1. The molecule has 19 heavy (non-hydrogen) atoms. The molecule has 1 aliphatic rings. The minimum atomic E-state index is 0.477. The molecule has 1 aromatic carbocycles. The van der Waals surface area contributed by atoms with Crippen LogP contribution in [-0.4, -0.2) is 29.1 Å². The van der Waals surface area contributed by atoms with E-state index in [1.54, 1.807) is 0 Å². The maximum absolute atomic E-state index is 9.90. The van der Waals surface area contributed by atoms with E-state index in [2.05, 4.69) is 50.6 Å². The first-order valence-electron chi connectivity index (χ1n) is 7.05. The smallest absolute Gasteiger partial charge is 0.119 e. The van der Waals surface area contributed by atoms with Gasteiger partial charge in [0.15, 0.2) is 0 Å². The third-order valence-corrected chi connectivity index (χ3v) is 4.40. The third-order valence-electron chi connectivity index (χ3n) is 3.89. The number of hydrogen-bond donors (Lipinski definition) is 1. The van der Waals surface area contributed by atoms with Crippen LogP contribution in [0.3, 0.4) is 0 Å². The van der Waals surface area contributed by atoms with Crippen molar-refractivity contribution >= 4 is 22.6 Å². The van der Waals surface area contributed by atoms with Gasteiger partial charge in [-0.1, -0.05) is 47.7 Å². The molecule has 0 fully saturated rings. The highest BCUT2D eigenvalue weighted by Gasteiger charge is 2.24. The average Bonchev–Trinajstić information content (AvgIpc) is 2.43. The molecular formula is C16H22INO. The van der Waals surface area contributed by atoms with Gasteiger partial charge in [0.25, 0.3) is 0 Å². The molecule has 0 aliphatic heterocycles. The van der Waals surface area contributed by atoms with Gasteiger partial charge >= 0.3 is 0 Å². The molecule has 3 heteroatoms. The van der Waals surface area contributed by atoms with Crippen molar-refractivity contribution in [1.82, 2.24) is 4.90 Å². The molecule has 0 amide bonds. The van der Waals surface area contributed by atoms with Crippen molar-refractivity contribution in [3.05, 3.63) is 39.5 Å². The molecule has 0 radical (unpaired) electrons. The predicted molar refractivity (Wildman–Crippen MR) is 88.9 cm³/mol. The van der Waals surface area contributed by atoms with Crippen LogP contribution in [0.2, 0.25) is 0 Å². The van der Waals surface area contributed by atoms with Crippen molar-refractivity contribution in [2.24, 2.45) is 0 Å². The zero-order valence-corrected chi connectivity index (χ0v) is 13.6. The Morgan fingerprint density at radius 2 is 2.32 bits per heavy atom. The number of hydrogen-bond acceptors (Lipinski definition) is 2. The fourth-order valence-corrected chi connectivity index (χ4v) is 3.19. The van der Waals surface area contributed by atoms with E-state index in [4.69, 9.17) is 0 Å². The largest absolute Gasteiger partial charge is 0.508 e. The number of phenolic OH excluding ortho intramolecular Hbond substituents is 1. The number of benzene rings is 1. The van der Waals surface area contributed by atoms with Gasteiger partial charge in [-0.15, -0.1) is 0 Å². The maximum atomic E-state index is 9.90.